The normalized spacial score (nSPS) is 11.9. The molecule has 0 bridgehead atoms. The molecule has 0 aliphatic heterocycles. The summed E-state index contributed by atoms with van der Waals surface area (Å²) in [5.74, 6) is -18.8. The van der Waals surface area contributed by atoms with E-state index in [0.29, 0.717) is 6.92 Å². The lowest BCUT2D eigenvalue weighted by molar-refractivity contribution is -0.344. The van der Waals surface area contributed by atoms with Gasteiger partial charge in [0.15, 0.2) is 0 Å². The number of carboxylic acid groups (broad SMARTS) is 1. The van der Waals surface area contributed by atoms with Gasteiger partial charge in [-0.3, -0.25) is 9.59 Å². The number of nitrogens with zero attached hydrogens (tertiary/aromatic N) is 1. The van der Waals surface area contributed by atoms with Crippen molar-refractivity contribution in [1.82, 2.24) is 0 Å². The van der Waals surface area contributed by atoms with Crippen molar-refractivity contribution < 1.29 is 37.1 Å². The van der Waals surface area contributed by atoms with Crippen LogP contribution in [0.5, 0.6) is 0 Å². The van der Waals surface area contributed by atoms with Crippen LogP contribution in [-0.4, -0.2) is 29.6 Å². The molecule has 1 aromatic rings. The predicted octanol–water partition coefficient (Wildman–Crippen LogP) is 0.587. The first-order chi connectivity index (χ1) is 9.53. The van der Waals surface area contributed by atoms with E-state index in [1.165, 1.54) is 18.2 Å². The van der Waals surface area contributed by atoms with E-state index < -0.39 is 35.3 Å². The Labute approximate surface area is 115 Å². The molecule has 0 heterocycles. The van der Waals surface area contributed by atoms with E-state index in [4.69, 9.17) is 0 Å². The maximum atomic E-state index is 13.4. The largest absolute Gasteiger partial charge is 0.544 e. The maximum Gasteiger partial charge on any atom is 0.392 e. The van der Waals surface area contributed by atoms with Crippen molar-refractivity contribution in [3.05, 3.63) is 30.3 Å². The van der Waals surface area contributed by atoms with Gasteiger partial charge in [0.05, 0.1) is 5.69 Å². The summed E-state index contributed by atoms with van der Waals surface area (Å²) >= 11 is 0. The van der Waals surface area contributed by atoms with Gasteiger partial charge in [0.1, 0.15) is 5.97 Å². The first-order valence-electron chi connectivity index (χ1n) is 5.40. The van der Waals surface area contributed by atoms with Crippen LogP contribution in [0.1, 0.15) is 6.92 Å². The Bertz CT molecular complexity index is 574. The van der Waals surface area contributed by atoms with Crippen molar-refractivity contribution >= 4 is 23.5 Å². The number of hydrogen-bond acceptors (Lipinski definition) is 4. The van der Waals surface area contributed by atoms with Crippen molar-refractivity contribution in [2.24, 2.45) is 0 Å². The number of hydrogen-bond donors (Lipinski definition) is 0. The zero-order chi connectivity index (χ0) is 16.4. The third-order valence-corrected chi connectivity index (χ3v) is 2.45. The van der Waals surface area contributed by atoms with Crippen LogP contribution in [0.25, 0.3) is 0 Å². The summed E-state index contributed by atoms with van der Waals surface area (Å²) < 4.78 is 52.7. The van der Waals surface area contributed by atoms with Crippen LogP contribution in [-0.2, 0) is 14.4 Å². The van der Waals surface area contributed by atoms with E-state index in [0.717, 1.165) is 12.1 Å². The Morgan fingerprint density at radius 2 is 1.48 bits per heavy atom. The fourth-order valence-corrected chi connectivity index (χ4v) is 1.42. The molecule has 1 aromatic carbocycles. The molecule has 0 aromatic heterocycles. The monoisotopic (exact) mass is 306 g/mol. The lowest BCUT2D eigenvalue weighted by atomic mass is 10.1. The van der Waals surface area contributed by atoms with Gasteiger partial charge in [-0.15, -0.1) is 0 Å². The standard InChI is InChI=1S/C12H9F4NO4/c1-7(18)17(8-5-3-2-4-6-8)9(19)11(13,14)12(15,16)10(20)21/h2-6H,1H3,(H,20,21)/p-1. The number of alkyl halides is 4. The van der Waals surface area contributed by atoms with Crippen LogP contribution in [0.2, 0.25) is 0 Å². The Hall–Kier alpha value is -2.45. The number of imide groups is 1. The van der Waals surface area contributed by atoms with Gasteiger partial charge >= 0.3 is 17.8 Å². The van der Waals surface area contributed by atoms with Crippen LogP contribution in [0.4, 0.5) is 23.2 Å². The van der Waals surface area contributed by atoms with Crippen molar-refractivity contribution in [3.8, 4) is 0 Å². The average molecular weight is 306 g/mol. The number of carbonyl (C=O) groups excluding carboxylic acids is 3. The highest BCUT2D eigenvalue weighted by atomic mass is 19.3. The molecule has 21 heavy (non-hydrogen) atoms. The Kier molecular flexibility index (Phi) is 4.35. The summed E-state index contributed by atoms with van der Waals surface area (Å²) in [6.07, 6.45) is 0. The van der Waals surface area contributed by atoms with E-state index in [-0.39, 0.29) is 4.90 Å². The van der Waals surface area contributed by atoms with Gasteiger partial charge in [0.25, 0.3) is 0 Å². The third kappa shape index (κ3) is 2.86. The molecule has 0 aliphatic rings. The summed E-state index contributed by atoms with van der Waals surface area (Å²) in [5.41, 5.74) is -0.399. The molecule has 0 N–H and O–H groups in total. The van der Waals surface area contributed by atoms with Gasteiger partial charge in [-0.25, -0.2) is 4.90 Å². The van der Waals surface area contributed by atoms with Crippen LogP contribution >= 0.6 is 0 Å². The number of anilines is 1. The number of para-hydroxylation sites is 1. The van der Waals surface area contributed by atoms with Crippen molar-refractivity contribution in [2.75, 3.05) is 4.90 Å². The lowest BCUT2D eigenvalue weighted by Gasteiger charge is -2.30. The molecule has 2 amide bonds. The highest BCUT2D eigenvalue weighted by Gasteiger charge is 2.65. The van der Waals surface area contributed by atoms with Crippen LogP contribution < -0.4 is 10.0 Å². The van der Waals surface area contributed by atoms with Gasteiger partial charge in [-0.05, 0) is 12.1 Å². The molecule has 0 spiro atoms. The minimum Gasteiger partial charge on any atom is -0.544 e. The second-order valence-corrected chi connectivity index (χ2v) is 3.93. The number of halogens is 4. The topological polar surface area (TPSA) is 77.5 Å². The maximum absolute atomic E-state index is 13.4. The first kappa shape index (κ1) is 16.6. The van der Waals surface area contributed by atoms with Crippen LogP contribution in [0, 0.1) is 0 Å². The molecule has 0 saturated heterocycles. The van der Waals surface area contributed by atoms with Gasteiger partial charge in [0.2, 0.25) is 5.91 Å². The quantitative estimate of drug-likeness (QED) is 0.763. The lowest BCUT2D eigenvalue weighted by Crippen LogP contribution is -2.61. The molecule has 0 unspecified atom stereocenters. The minimum absolute atomic E-state index is 0.225. The van der Waals surface area contributed by atoms with Gasteiger partial charge in [-0.2, -0.15) is 17.6 Å². The number of benzene rings is 1. The van der Waals surface area contributed by atoms with Gasteiger partial charge in [0, 0.05) is 6.92 Å². The van der Waals surface area contributed by atoms with Gasteiger partial charge < -0.3 is 9.90 Å². The molecule has 0 fully saturated rings. The minimum atomic E-state index is -5.76. The fraction of sp³-hybridized carbons (Fsp3) is 0.250. The highest BCUT2D eigenvalue weighted by Crippen LogP contribution is 2.36. The summed E-state index contributed by atoms with van der Waals surface area (Å²) in [6, 6.07) is 6.07. The second kappa shape index (κ2) is 5.51. The third-order valence-electron chi connectivity index (χ3n) is 2.45. The second-order valence-electron chi connectivity index (χ2n) is 3.93. The van der Waals surface area contributed by atoms with Crippen molar-refractivity contribution in [3.63, 3.8) is 0 Å². The van der Waals surface area contributed by atoms with E-state index in [9.17, 15) is 37.1 Å². The molecule has 5 nitrogen and oxygen atoms in total. The number of aliphatic carboxylic acids is 1. The SMILES string of the molecule is CC(=O)N(C(=O)C(F)(F)C(F)(F)C(=O)[O-])c1ccccc1. The summed E-state index contributed by atoms with van der Waals surface area (Å²) in [7, 11) is 0. The Balaban J connectivity index is 3.31. The highest BCUT2D eigenvalue weighted by molar-refractivity contribution is 6.17. The van der Waals surface area contributed by atoms with Crippen LogP contribution in [0.15, 0.2) is 30.3 Å². The van der Waals surface area contributed by atoms with Crippen LogP contribution in [0.3, 0.4) is 0 Å². The number of carbonyl (C=O) groups is 3. The molecule has 0 atom stereocenters. The number of amides is 2. The van der Waals surface area contributed by atoms with E-state index in [1.807, 2.05) is 0 Å². The molecular weight excluding hydrogens is 298 g/mol. The fourth-order valence-electron chi connectivity index (χ4n) is 1.42. The molecule has 0 radical (unpaired) electrons. The molecule has 114 valence electrons. The predicted molar refractivity (Wildman–Crippen MR) is 59.5 cm³/mol. The Morgan fingerprint density at radius 3 is 1.86 bits per heavy atom. The number of carboxylic acids is 1. The molecule has 0 aliphatic carbocycles. The zero-order valence-corrected chi connectivity index (χ0v) is 10.5. The number of rotatable bonds is 4. The Morgan fingerprint density at radius 1 is 1.00 bits per heavy atom. The molecular formula is C12H8F4NO4-. The smallest absolute Gasteiger partial charge is 0.392 e. The van der Waals surface area contributed by atoms with Crippen molar-refractivity contribution in [2.45, 2.75) is 18.8 Å². The van der Waals surface area contributed by atoms with Gasteiger partial charge in [-0.1, -0.05) is 18.2 Å². The van der Waals surface area contributed by atoms with E-state index >= 15 is 0 Å². The first-order valence-corrected chi connectivity index (χ1v) is 5.40. The average Bonchev–Trinajstić information content (AvgIpc) is 2.39. The summed E-state index contributed by atoms with van der Waals surface area (Å²) in [6.45, 7) is 0.693. The molecule has 1 rings (SSSR count). The van der Waals surface area contributed by atoms with E-state index in [1.54, 1.807) is 0 Å². The zero-order valence-electron chi connectivity index (χ0n) is 10.5. The summed E-state index contributed by atoms with van der Waals surface area (Å²) in [5, 5.41) is 10.1. The molecule has 0 saturated carbocycles. The van der Waals surface area contributed by atoms with Crippen molar-refractivity contribution in [1.29, 1.82) is 0 Å². The van der Waals surface area contributed by atoms with E-state index in [2.05, 4.69) is 0 Å². The summed E-state index contributed by atoms with van der Waals surface area (Å²) in [4.78, 5) is 32.7. The molecule has 9 heteroatoms.